The van der Waals surface area contributed by atoms with Crippen LogP contribution in [0.1, 0.15) is 35.2 Å². The maximum absolute atomic E-state index is 12.2. The molecule has 3 rings (SSSR count). The Morgan fingerprint density at radius 3 is 2.50 bits per heavy atom. The van der Waals surface area contributed by atoms with Gasteiger partial charge in [-0.2, -0.15) is 0 Å². The monoisotopic (exact) mass is 382 g/mol. The highest BCUT2D eigenvalue weighted by Gasteiger charge is 2.16. The first kappa shape index (κ1) is 19.9. The first-order valence-corrected chi connectivity index (χ1v) is 9.56. The number of anilines is 1. The summed E-state index contributed by atoms with van der Waals surface area (Å²) in [5, 5.41) is 5.75. The normalized spacial score (nSPS) is 15.8. The van der Waals surface area contributed by atoms with E-state index in [1.807, 2.05) is 24.3 Å². The van der Waals surface area contributed by atoms with E-state index >= 15 is 0 Å². The smallest absolute Gasteiger partial charge is 0.251 e. The van der Waals surface area contributed by atoms with Crippen LogP contribution in [0, 0.1) is 0 Å². The Morgan fingerprint density at radius 1 is 1.11 bits per heavy atom. The Kier molecular flexibility index (Phi) is 7.03. The Morgan fingerprint density at radius 2 is 1.86 bits per heavy atom. The molecule has 1 fully saturated rings. The number of carbonyl (C=O) groups is 2. The van der Waals surface area contributed by atoms with Crippen molar-refractivity contribution >= 4 is 17.5 Å². The van der Waals surface area contributed by atoms with Crippen molar-refractivity contribution in [3.05, 3.63) is 59.7 Å². The third-order valence-corrected chi connectivity index (χ3v) is 4.74. The molecule has 1 unspecified atom stereocenters. The lowest BCUT2D eigenvalue weighted by Crippen LogP contribution is -2.31. The zero-order valence-corrected chi connectivity index (χ0v) is 16.1. The molecule has 28 heavy (non-hydrogen) atoms. The number of nitrogens with one attached hydrogen (secondary N) is 2. The van der Waals surface area contributed by atoms with Gasteiger partial charge in [-0.1, -0.05) is 12.1 Å². The van der Waals surface area contributed by atoms with Crippen LogP contribution in [0.15, 0.2) is 48.5 Å². The van der Waals surface area contributed by atoms with Gasteiger partial charge in [0.1, 0.15) is 5.75 Å². The van der Waals surface area contributed by atoms with Gasteiger partial charge in [-0.3, -0.25) is 9.59 Å². The second kappa shape index (κ2) is 9.90. The number of rotatable bonds is 8. The molecule has 2 aromatic rings. The first-order valence-electron chi connectivity index (χ1n) is 9.56. The van der Waals surface area contributed by atoms with E-state index in [9.17, 15) is 9.59 Å². The van der Waals surface area contributed by atoms with Crippen molar-refractivity contribution in [1.82, 2.24) is 5.32 Å². The summed E-state index contributed by atoms with van der Waals surface area (Å²) in [6.45, 7) is 1.30. The number of aryl methyl sites for hydroxylation is 1. The van der Waals surface area contributed by atoms with E-state index in [1.165, 1.54) is 0 Å². The fraction of sp³-hybridized carbons (Fsp3) is 0.364. The molecule has 0 radical (unpaired) electrons. The number of hydrogen-bond donors (Lipinski definition) is 2. The molecule has 1 saturated heterocycles. The summed E-state index contributed by atoms with van der Waals surface area (Å²) in [6.07, 6.45) is 3.19. The Labute approximate surface area is 165 Å². The second-order valence-corrected chi connectivity index (χ2v) is 6.82. The molecule has 0 aromatic heterocycles. The van der Waals surface area contributed by atoms with Gasteiger partial charge in [-0.25, -0.2) is 0 Å². The van der Waals surface area contributed by atoms with E-state index in [4.69, 9.17) is 9.47 Å². The Hall–Kier alpha value is -2.86. The van der Waals surface area contributed by atoms with Crippen LogP contribution < -0.4 is 15.4 Å². The summed E-state index contributed by atoms with van der Waals surface area (Å²) in [5.41, 5.74) is 2.32. The fourth-order valence-electron chi connectivity index (χ4n) is 3.09. The zero-order chi connectivity index (χ0) is 19.8. The van der Waals surface area contributed by atoms with E-state index < -0.39 is 0 Å². The van der Waals surface area contributed by atoms with Gasteiger partial charge in [0.25, 0.3) is 5.91 Å². The third kappa shape index (κ3) is 5.82. The van der Waals surface area contributed by atoms with Gasteiger partial charge in [0.15, 0.2) is 0 Å². The number of methoxy groups -OCH3 is 1. The molecule has 2 aromatic carbocycles. The summed E-state index contributed by atoms with van der Waals surface area (Å²) in [7, 11) is 1.63. The standard InChI is InChI=1S/C22H26N2O4/c1-27-19-11-4-16(5-12-19)6-13-21(25)24-18-9-7-17(8-10-18)22(26)23-15-20-3-2-14-28-20/h4-5,7-12,20H,2-3,6,13-15H2,1H3,(H,23,26)(H,24,25). The minimum Gasteiger partial charge on any atom is -0.497 e. The highest BCUT2D eigenvalue weighted by atomic mass is 16.5. The maximum atomic E-state index is 12.2. The number of hydrogen-bond acceptors (Lipinski definition) is 4. The zero-order valence-electron chi connectivity index (χ0n) is 16.1. The lowest BCUT2D eigenvalue weighted by atomic mass is 10.1. The van der Waals surface area contributed by atoms with Crippen LogP contribution in [-0.4, -0.2) is 38.2 Å². The highest BCUT2D eigenvalue weighted by molar-refractivity contribution is 5.95. The summed E-state index contributed by atoms with van der Waals surface area (Å²) < 4.78 is 10.6. The van der Waals surface area contributed by atoms with Gasteiger partial charge < -0.3 is 20.1 Å². The molecule has 2 amide bonds. The van der Waals surface area contributed by atoms with Gasteiger partial charge in [0.2, 0.25) is 5.91 Å². The Bertz CT molecular complexity index is 781. The van der Waals surface area contributed by atoms with Crippen LogP contribution >= 0.6 is 0 Å². The van der Waals surface area contributed by atoms with Crippen molar-refractivity contribution in [3.8, 4) is 5.75 Å². The predicted octanol–water partition coefficient (Wildman–Crippen LogP) is 3.18. The van der Waals surface area contributed by atoms with Crippen molar-refractivity contribution in [3.63, 3.8) is 0 Å². The first-order chi connectivity index (χ1) is 13.6. The third-order valence-electron chi connectivity index (χ3n) is 4.74. The van der Waals surface area contributed by atoms with Crippen LogP contribution in [0.4, 0.5) is 5.69 Å². The molecule has 1 heterocycles. The lowest BCUT2D eigenvalue weighted by Gasteiger charge is -2.11. The SMILES string of the molecule is COc1ccc(CCC(=O)Nc2ccc(C(=O)NCC3CCCO3)cc2)cc1. The molecular weight excluding hydrogens is 356 g/mol. The fourth-order valence-corrected chi connectivity index (χ4v) is 3.09. The van der Waals surface area contributed by atoms with Crippen LogP contribution in [0.25, 0.3) is 0 Å². The van der Waals surface area contributed by atoms with Crippen molar-refractivity contribution in [1.29, 1.82) is 0 Å². The Balaban J connectivity index is 1.43. The lowest BCUT2D eigenvalue weighted by molar-refractivity contribution is -0.116. The van der Waals surface area contributed by atoms with Crippen molar-refractivity contribution in [2.24, 2.45) is 0 Å². The largest absolute Gasteiger partial charge is 0.497 e. The summed E-state index contributed by atoms with van der Waals surface area (Å²) in [5.74, 6) is 0.604. The molecule has 0 saturated carbocycles. The highest BCUT2D eigenvalue weighted by Crippen LogP contribution is 2.14. The van der Waals surface area contributed by atoms with E-state index in [0.717, 1.165) is 30.8 Å². The number of amides is 2. The number of carbonyl (C=O) groups excluding carboxylic acids is 2. The van der Waals surface area contributed by atoms with Crippen molar-refractivity contribution < 1.29 is 19.1 Å². The molecule has 0 bridgehead atoms. The minimum absolute atomic E-state index is 0.0635. The number of ether oxygens (including phenoxy) is 2. The molecule has 0 spiro atoms. The van der Waals surface area contributed by atoms with E-state index in [2.05, 4.69) is 10.6 Å². The van der Waals surface area contributed by atoms with E-state index in [1.54, 1.807) is 31.4 Å². The van der Waals surface area contributed by atoms with Gasteiger partial charge >= 0.3 is 0 Å². The molecule has 1 aliphatic heterocycles. The van der Waals surface area contributed by atoms with Crippen LogP contribution in [0.3, 0.4) is 0 Å². The predicted molar refractivity (Wildman–Crippen MR) is 108 cm³/mol. The molecule has 6 heteroatoms. The number of benzene rings is 2. The average molecular weight is 382 g/mol. The van der Waals surface area contributed by atoms with Crippen LogP contribution in [-0.2, 0) is 16.0 Å². The average Bonchev–Trinajstić information content (AvgIpc) is 3.25. The summed E-state index contributed by atoms with van der Waals surface area (Å²) in [6, 6.07) is 14.6. The van der Waals surface area contributed by atoms with E-state index in [0.29, 0.717) is 30.6 Å². The van der Waals surface area contributed by atoms with Crippen LogP contribution in [0.5, 0.6) is 5.75 Å². The maximum Gasteiger partial charge on any atom is 0.251 e. The molecule has 148 valence electrons. The summed E-state index contributed by atoms with van der Waals surface area (Å²) >= 11 is 0. The van der Waals surface area contributed by atoms with Crippen LogP contribution in [0.2, 0.25) is 0 Å². The second-order valence-electron chi connectivity index (χ2n) is 6.82. The molecule has 0 aliphatic carbocycles. The van der Waals surface area contributed by atoms with Crippen molar-refractivity contribution in [2.75, 3.05) is 25.6 Å². The molecular formula is C22H26N2O4. The van der Waals surface area contributed by atoms with Gasteiger partial charge in [0.05, 0.1) is 13.2 Å². The quantitative estimate of drug-likeness (QED) is 0.735. The molecule has 2 N–H and O–H groups in total. The van der Waals surface area contributed by atoms with Crippen molar-refractivity contribution in [2.45, 2.75) is 31.8 Å². The van der Waals surface area contributed by atoms with Gasteiger partial charge in [0, 0.05) is 30.8 Å². The molecule has 1 atom stereocenters. The van der Waals surface area contributed by atoms with Gasteiger partial charge in [-0.15, -0.1) is 0 Å². The van der Waals surface area contributed by atoms with E-state index in [-0.39, 0.29) is 17.9 Å². The van der Waals surface area contributed by atoms with Gasteiger partial charge in [-0.05, 0) is 61.2 Å². The molecule has 6 nitrogen and oxygen atoms in total. The summed E-state index contributed by atoms with van der Waals surface area (Å²) in [4.78, 5) is 24.3. The topological polar surface area (TPSA) is 76.7 Å². The molecule has 1 aliphatic rings. The minimum atomic E-state index is -0.132.